The van der Waals surface area contributed by atoms with Gasteiger partial charge in [-0.3, -0.25) is 0 Å². The lowest BCUT2D eigenvalue weighted by molar-refractivity contribution is 0.376. The van der Waals surface area contributed by atoms with Gasteiger partial charge in [0.1, 0.15) is 0 Å². The molecule has 0 aromatic heterocycles. The predicted octanol–water partition coefficient (Wildman–Crippen LogP) is 3.63. The van der Waals surface area contributed by atoms with Gasteiger partial charge in [0.25, 0.3) is 0 Å². The smallest absolute Gasteiger partial charge is 0.0432 e. The minimum Gasteiger partial charge on any atom is -0.307 e. The van der Waals surface area contributed by atoms with E-state index < -0.39 is 0 Å². The maximum atomic E-state index is 3.71. The summed E-state index contributed by atoms with van der Waals surface area (Å²) in [5.74, 6) is 0. The van der Waals surface area contributed by atoms with E-state index in [0.717, 1.165) is 0 Å². The second kappa shape index (κ2) is 5.01. The molecule has 1 aromatic carbocycles. The van der Waals surface area contributed by atoms with E-state index in [1.54, 1.807) is 0 Å². The van der Waals surface area contributed by atoms with Gasteiger partial charge < -0.3 is 5.32 Å². The Bertz CT molecular complexity index is 337. The fraction of sp³-hybridized carbons (Fsp3) is 0.600. The molecule has 1 atom stereocenters. The number of hydrogen-bond donors (Lipinski definition) is 1. The molecule has 0 bridgehead atoms. The van der Waals surface area contributed by atoms with E-state index in [2.05, 4.69) is 43.4 Å². The highest BCUT2D eigenvalue weighted by Crippen LogP contribution is 2.34. The van der Waals surface area contributed by atoms with Gasteiger partial charge in [0.05, 0.1) is 0 Å². The topological polar surface area (TPSA) is 12.0 Å². The lowest BCUT2D eigenvalue weighted by atomic mass is 9.85. The van der Waals surface area contributed by atoms with Crippen molar-refractivity contribution < 1.29 is 0 Å². The van der Waals surface area contributed by atoms with Crippen LogP contribution in [0, 0.1) is 0 Å². The van der Waals surface area contributed by atoms with Gasteiger partial charge in [-0.15, -0.1) is 0 Å². The van der Waals surface area contributed by atoms with E-state index >= 15 is 0 Å². The molecule has 1 unspecified atom stereocenters. The van der Waals surface area contributed by atoms with Crippen LogP contribution < -0.4 is 5.32 Å². The summed E-state index contributed by atoms with van der Waals surface area (Å²) in [6.45, 7) is 5.72. The van der Waals surface area contributed by atoms with Crippen LogP contribution in [0.4, 0.5) is 0 Å². The van der Waals surface area contributed by atoms with Crippen LogP contribution in [0.5, 0.6) is 0 Å². The minimum atomic E-state index is 0.268. The van der Waals surface area contributed by atoms with Crippen molar-refractivity contribution in [3.63, 3.8) is 0 Å². The molecule has 1 N–H and O–H groups in total. The predicted molar refractivity (Wildman–Crippen MR) is 69.6 cm³/mol. The lowest BCUT2D eigenvalue weighted by Crippen LogP contribution is -2.35. The van der Waals surface area contributed by atoms with Crippen LogP contribution >= 0.6 is 0 Å². The summed E-state index contributed by atoms with van der Waals surface area (Å²) < 4.78 is 0. The van der Waals surface area contributed by atoms with E-state index in [0.29, 0.717) is 0 Å². The summed E-state index contributed by atoms with van der Waals surface area (Å²) >= 11 is 0. The zero-order valence-electron chi connectivity index (χ0n) is 10.6. The number of hydrogen-bond acceptors (Lipinski definition) is 1. The van der Waals surface area contributed by atoms with E-state index in [4.69, 9.17) is 0 Å². The van der Waals surface area contributed by atoms with Crippen molar-refractivity contribution in [2.24, 2.45) is 0 Å². The molecule has 1 saturated heterocycles. The highest BCUT2D eigenvalue weighted by molar-refractivity contribution is 5.30. The summed E-state index contributed by atoms with van der Waals surface area (Å²) in [4.78, 5) is 0. The Kier molecular flexibility index (Phi) is 3.65. The molecule has 1 aliphatic rings. The first kappa shape index (κ1) is 11.7. The maximum Gasteiger partial charge on any atom is 0.0432 e. The fourth-order valence-corrected chi connectivity index (χ4v) is 2.87. The number of aryl methyl sites for hydroxylation is 1. The molecule has 0 spiro atoms. The molecule has 0 aliphatic carbocycles. The summed E-state index contributed by atoms with van der Waals surface area (Å²) in [7, 11) is 0. The van der Waals surface area contributed by atoms with Gasteiger partial charge in [-0.2, -0.15) is 0 Å². The molecule has 1 aromatic rings. The van der Waals surface area contributed by atoms with E-state index in [1.807, 2.05) is 0 Å². The Labute approximate surface area is 99.3 Å². The van der Waals surface area contributed by atoms with Crippen LogP contribution in [-0.2, 0) is 12.0 Å². The summed E-state index contributed by atoms with van der Waals surface area (Å²) in [5.41, 5.74) is 3.25. The number of rotatable bonds is 4. The largest absolute Gasteiger partial charge is 0.307 e. The first-order valence-corrected chi connectivity index (χ1v) is 6.65. The summed E-state index contributed by atoms with van der Waals surface area (Å²) in [5, 5.41) is 3.71. The number of nitrogens with one attached hydrogen (secondary N) is 1. The van der Waals surface area contributed by atoms with Crippen molar-refractivity contribution in [3.05, 3.63) is 35.4 Å². The van der Waals surface area contributed by atoms with Crippen LogP contribution in [0.15, 0.2) is 24.3 Å². The van der Waals surface area contributed by atoms with E-state index in [9.17, 15) is 0 Å². The molecule has 1 heterocycles. The SMILES string of the molecule is CCCc1cccc(C2(CC)CCCN2)c1. The fourth-order valence-electron chi connectivity index (χ4n) is 2.87. The average molecular weight is 217 g/mol. The summed E-state index contributed by atoms with van der Waals surface area (Å²) in [6.07, 6.45) is 6.23. The Morgan fingerprint density at radius 2 is 2.19 bits per heavy atom. The van der Waals surface area contributed by atoms with Gasteiger partial charge in [0.2, 0.25) is 0 Å². The molecule has 88 valence electrons. The van der Waals surface area contributed by atoms with Gasteiger partial charge in [-0.25, -0.2) is 0 Å². The van der Waals surface area contributed by atoms with Crippen molar-refractivity contribution in [1.82, 2.24) is 5.32 Å². The van der Waals surface area contributed by atoms with Crippen LogP contribution in [0.2, 0.25) is 0 Å². The summed E-state index contributed by atoms with van der Waals surface area (Å²) in [6, 6.07) is 9.18. The van der Waals surface area contributed by atoms with Crippen molar-refractivity contribution in [1.29, 1.82) is 0 Å². The second-order valence-electron chi connectivity index (χ2n) is 4.92. The normalized spacial score (nSPS) is 24.9. The van der Waals surface area contributed by atoms with E-state index in [1.165, 1.54) is 49.8 Å². The third-order valence-corrected chi connectivity index (χ3v) is 3.87. The zero-order valence-corrected chi connectivity index (χ0v) is 10.6. The van der Waals surface area contributed by atoms with Gasteiger partial charge in [0.15, 0.2) is 0 Å². The number of benzene rings is 1. The van der Waals surface area contributed by atoms with Crippen molar-refractivity contribution in [2.75, 3.05) is 6.54 Å². The van der Waals surface area contributed by atoms with Crippen molar-refractivity contribution >= 4 is 0 Å². The van der Waals surface area contributed by atoms with E-state index in [-0.39, 0.29) is 5.54 Å². The van der Waals surface area contributed by atoms with Gasteiger partial charge in [-0.1, -0.05) is 44.5 Å². The van der Waals surface area contributed by atoms with Crippen LogP contribution in [0.25, 0.3) is 0 Å². The van der Waals surface area contributed by atoms with Crippen LogP contribution in [0.3, 0.4) is 0 Å². The molecule has 2 rings (SSSR count). The first-order valence-electron chi connectivity index (χ1n) is 6.65. The Balaban J connectivity index is 2.27. The second-order valence-corrected chi connectivity index (χ2v) is 4.92. The molecule has 16 heavy (non-hydrogen) atoms. The molecule has 1 heteroatoms. The molecule has 0 radical (unpaired) electrons. The van der Waals surface area contributed by atoms with Crippen molar-refractivity contribution in [3.8, 4) is 0 Å². The highest BCUT2D eigenvalue weighted by atomic mass is 15.0. The van der Waals surface area contributed by atoms with Crippen LogP contribution in [0.1, 0.15) is 50.7 Å². The molecule has 1 aliphatic heterocycles. The average Bonchev–Trinajstić information content (AvgIpc) is 2.80. The molecule has 0 saturated carbocycles. The Morgan fingerprint density at radius 3 is 2.81 bits per heavy atom. The Hall–Kier alpha value is -0.820. The monoisotopic (exact) mass is 217 g/mol. The zero-order chi connectivity index (χ0) is 11.4. The standard InChI is InChI=1S/C15H23N/c1-3-7-13-8-5-9-14(12-13)15(4-2)10-6-11-16-15/h5,8-9,12,16H,3-4,6-7,10-11H2,1-2H3. The molecular weight excluding hydrogens is 194 g/mol. The van der Waals surface area contributed by atoms with Gasteiger partial charge in [-0.05, 0) is 43.4 Å². The molecule has 1 fully saturated rings. The first-order chi connectivity index (χ1) is 7.80. The lowest BCUT2D eigenvalue weighted by Gasteiger charge is -2.29. The molecular formula is C15H23N. The van der Waals surface area contributed by atoms with Crippen molar-refractivity contribution in [2.45, 2.75) is 51.5 Å². The van der Waals surface area contributed by atoms with Crippen LogP contribution in [-0.4, -0.2) is 6.54 Å². The molecule has 0 amide bonds. The molecule has 1 nitrogen and oxygen atoms in total. The quantitative estimate of drug-likeness (QED) is 0.812. The highest BCUT2D eigenvalue weighted by Gasteiger charge is 2.33. The Morgan fingerprint density at radius 1 is 1.31 bits per heavy atom. The van der Waals surface area contributed by atoms with Gasteiger partial charge >= 0.3 is 0 Å². The van der Waals surface area contributed by atoms with Gasteiger partial charge in [0, 0.05) is 5.54 Å². The minimum absolute atomic E-state index is 0.268. The third kappa shape index (κ3) is 2.15. The third-order valence-electron chi connectivity index (χ3n) is 3.87. The maximum absolute atomic E-state index is 3.71.